The summed E-state index contributed by atoms with van der Waals surface area (Å²) in [4.78, 5) is 17.8. The molecule has 1 heterocycles. The third-order valence-corrected chi connectivity index (χ3v) is 7.50. The maximum atomic E-state index is 13.9. The van der Waals surface area contributed by atoms with Crippen molar-refractivity contribution in [1.29, 1.82) is 0 Å². The number of anilines is 1. The van der Waals surface area contributed by atoms with Gasteiger partial charge in [0.2, 0.25) is 0 Å². The molecule has 3 aromatic carbocycles. The number of halogens is 1. The van der Waals surface area contributed by atoms with Gasteiger partial charge in [-0.1, -0.05) is 36.4 Å². The standard InChI is InChI=1S/C24H22FN3O3S2/c25-21-11-3-1-7-17(21)16-32-22-12-4-2-10-20(22)24(29)27-18-8-5-9-19(15-18)33(30,31)28-23-13-6-14-26-23/h1-5,7-12,15H,6,13-14,16H2,(H,26,28)(H,27,29). The summed E-state index contributed by atoms with van der Waals surface area (Å²) in [5.74, 6) is 0.155. The average molecular weight is 484 g/mol. The molecule has 9 heteroatoms. The number of amidine groups is 1. The van der Waals surface area contributed by atoms with Crippen LogP contribution < -0.4 is 10.0 Å². The minimum Gasteiger partial charge on any atom is -0.322 e. The SMILES string of the molecule is O=C(Nc1cccc(S(=O)(=O)NC2=NCCC2)c1)c1ccccc1SCc1ccccc1F. The van der Waals surface area contributed by atoms with Gasteiger partial charge in [0.15, 0.2) is 0 Å². The Hall–Kier alpha value is -3.17. The van der Waals surface area contributed by atoms with Crippen molar-refractivity contribution in [3.8, 4) is 0 Å². The van der Waals surface area contributed by atoms with Crippen LogP contribution in [0.2, 0.25) is 0 Å². The number of benzene rings is 3. The van der Waals surface area contributed by atoms with E-state index in [2.05, 4.69) is 15.0 Å². The molecule has 6 nitrogen and oxygen atoms in total. The van der Waals surface area contributed by atoms with Crippen molar-refractivity contribution in [2.45, 2.75) is 28.4 Å². The topological polar surface area (TPSA) is 87.6 Å². The molecule has 1 aliphatic rings. The van der Waals surface area contributed by atoms with E-state index in [-0.39, 0.29) is 16.6 Å². The van der Waals surface area contributed by atoms with E-state index >= 15 is 0 Å². The lowest BCUT2D eigenvalue weighted by Gasteiger charge is -2.12. The molecule has 0 radical (unpaired) electrons. The van der Waals surface area contributed by atoms with Gasteiger partial charge in [-0.05, 0) is 48.4 Å². The van der Waals surface area contributed by atoms with Gasteiger partial charge in [0, 0.05) is 29.3 Å². The zero-order valence-corrected chi connectivity index (χ0v) is 19.3. The van der Waals surface area contributed by atoms with Gasteiger partial charge in [-0.15, -0.1) is 11.8 Å². The molecule has 3 aromatic rings. The number of sulfonamides is 1. The van der Waals surface area contributed by atoms with E-state index in [9.17, 15) is 17.6 Å². The number of nitrogens with one attached hydrogen (secondary N) is 2. The fourth-order valence-corrected chi connectivity index (χ4v) is 5.50. The maximum absolute atomic E-state index is 13.9. The highest BCUT2D eigenvalue weighted by atomic mass is 32.2. The van der Waals surface area contributed by atoms with E-state index in [4.69, 9.17) is 0 Å². The Balaban J connectivity index is 1.49. The molecule has 1 amide bonds. The van der Waals surface area contributed by atoms with E-state index in [1.54, 1.807) is 48.5 Å². The molecule has 0 fully saturated rings. The first-order valence-electron chi connectivity index (χ1n) is 10.4. The monoisotopic (exact) mass is 483 g/mol. The summed E-state index contributed by atoms with van der Waals surface area (Å²) in [6.45, 7) is 0.613. The summed E-state index contributed by atoms with van der Waals surface area (Å²) in [5, 5.41) is 2.77. The number of amides is 1. The van der Waals surface area contributed by atoms with Crippen LogP contribution in [0.3, 0.4) is 0 Å². The van der Waals surface area contributed by atoms with Gasteiger partial charge in [0.25, 0.3) is 15.9 Å². The van der Waals surface area contributed by atoms with Gasteiger partial charge in [0.05, 0.1) is 10.5 Å². The van der Waals surface area contributed by atoms with E-state index in [0.717, 1.165) is 6.42 Å². The Labute approximate surface area is 196 Å². The van der Waals surface area contributed by atoms with Crippen molar-refractivity contribution in [1.82, 2.24) is 4.72 Å². The number of hydrogen-bond donors (Lipinski definition) is 2. The molecule has 0 aliphatic carbocycles. The average Bonchev–Trinajstić information content (AvgIpc) is 3.31. The van der Waals surface area contributed by atoms with E-state index in [1.165, 1.54) is 30.0 Å². The lowest BCUT2D eigenvalue weighted by molar-refractivity contribution is 0.102. The van der Waals surface area contributed by atoms with Crippen LogP contribution in [-0.2, 0) is 15.8 Å². The molecular formula is C24H22FN3O3S2. The number of carbonyl (C=O) groups is 1. The number of hydrogen-bond acceptors (Lipinski definition) is 5. The van der Waals surface area contributed by atoms with Crippen molar-refractivity contribution in [3.63, 3.8) is 0 Å². The van der Waals surface area contributed by atoms with Gasteiger partial charge in [-0.25, -0.2) is 12.8 Å². The molecule has 33 heavy (non-hydrogen) atoms. The zero-order valence-electron chi connectivity index (χ0n) is 17.6. The highest BCUT2D eigenvalue weighted by molar-refractivity contribution is 7.98. The first-order chi connectivity index (χ1) is 15.9. The van der Waals surface area contributed by atoms with Gasteiger partial charge in [-0.3, -0.25) is 14.5 Å². The molecule has 0 saturated carbocycles. The van der Waals surface area contributed by atoms with Gasteiger partial charge in [0.1, 0.15) is 11.7 Å². The van der Waals surface area contributed by atoms with Crippen molar-refractivity contribution < 1.29 is 17.6 Å². The second-order valence-corrected chi connectivity index (χ2v) is 10.1. The van der Waals surface area contributed by atoms with Gasteiger partial charge in [-0.2, -0.15) is 0 Å². The summed E-state index contributed by atoms with van der Waals surface area (Å²) < 4.78 is 41.8. The molecule has 2 N–H and O–H groups in total. The Kier molecular flexibility index (Phi) is 7.10. The Morgan fingerprint density at radius 2 is 1.82 bits per heavy atom. The molecule has 0 spiro atoms. The van der Waals surface area contributed by atoms with E-state index < -0.39 is 10.0 Å². The lowest BCUT2D eigenvalue weighted by Crippen LogP contribution is -2.29. The van der Waals surface area contributed by atoms with Gasteiger partial charge < -0.3 is 5.32 Å². The second kappa shape index (κ2) is 10.2. The van der Waals surface area contributed by atoms with Crippen LogP contribution in [-0.4, -0.2) is 26.7 Å². The fourth-order valence-electron chi connectivity index (χ4n) is 3.33. The number of carbonyl (C=O) groups excluding carboxylic acids is 1. The number of nitrogens with zero attached hydrogens (tertiary/aromatic N) is 1. The van der Waals surface area contributed by atoms with Crippen molar-refractivity contribution >= 4 is 39.2 Å². The Morgan fingerprint density at radius 3 is 2.61 bits per heavy atom. The van der Waals surface area contributed by atoms with E-state index in [1.807, 2.05) is 6.07 Å². The molecule has 170 valence electrons. The van der Waals surface area contributed by atoms with Crippen LogP contribution in [0.25, 0.3) is 0 Å². The fraction of sp³-hybridized carbons (Fsp3) is 0.167. The first kappa shape index (κ1) is 23.0. The smallest absolute Gasteiger partial charge is 0.262 e. The summed E-state index contributed by atoms with van der Waals surface area (Å²) in [7, 11) is -3.79. The molecule has 0 atom stereocenters. The minimum absolute atomic E-state index is 0.0390. The van der Waals surface area contributed by atoms with Crippen molar-refractivity contribution in [2.75, 3.05) is 11.9 Å². The maximum Gasteiger partial charge on any atom is 0.262 e. The van der Waals surface area contributed by atoms with Crippen LogP contribution in [0.4, 0.5) is 10.1 Å². The third-order valence-electron chi connectivity index (χ3n) is 5.00. The molecule has 0 saturated heterocycles. The summed E-state index contributed by atoms with van der Waals surface area (Å²) in [6.07, 6.45) is 1.42. The first-order valence-corrected chi connectivity index (χ1v) is 12.8. The highest BCUT2D eigenvalue weighted by Gasteiger charge is 2.19. The largest absolute Gasteiger partial charge is 0.322 e. The van der Waals surface area contributed by atoms with Gasteiger partial charge >= 0.3 is 0 Å². The lowest BCUT2D eigenvalue weighted by atomic mass is 10.2. The minimum atomic E-state index is -3.79. The zero-order chi connectivity index (χ0) is 23.3. The van der Waals surface area contributed by atoms with Crippen LogP contribution in [0.15, 0.2) is 87.6 Å². The summed E-state index contributed by atoms with van der Waals surface area (Å²) >= 11 is 1.36. The predicted molar refractivity (Wildman–Crippen MR) is 129 cm³/mol. The Morgan fingerprint density at radius 1 is 1.03 bits per heavy atom. The Bertz CT molecular complexity index is 1310. The number of aliphatic imine (C=N–C) groups is 1. The molecular weight excluding hydrogens is 461 g/mol. The van der Waals surface area contributed by atoms with Crippen LogP contribution in [0.5, 0.6) is 0 Å². The molecule has 0 unspecified atom stereocenters. The van der Waals surface area contributed by atoms with E-state index in [0.29, 0.717) is 46.3 Å². The molecule has 0 aromatic heterocycles. The molecule has 1 aliphatic heterocycles. The highest BCUT2D eigenvalue weighted by Crippen LogP contribution is 2.28. The summed E-state index contributed by atoms with van der Waals surface area (Å²) in [6, 6.07) is 19.6. The third kappa shape index (κ3) is 5.80. The molecule has 0 bridgehead atoms. The quantitative estimate of drug-likeness (QED) is 0.471. The van der Waals surface area contributed by atoms with Crippen LogP contribution in [0, 0.1) is 5.82 Å². The predicted octanol–water partition coefficient (Wildman–Crippen LogP) is 4.84. The normalized spacial score (nSPS) is 13.4. The van der Waals surface area contributed by atoms with Crippen LogP contribution >= 0.6 is 11.8 Å². The van der Waals surface area contributed by atoms with Crippen molar-refractivity contribution in [3.05, 3.63) is 89.7 Å². The number of thioether (sulfide) groups is 1. The van der Waals surface area contributed by atoms with Crippen LogP contribution in [0.1, 0.15) is 28.8 Å². The molecule has 4 rings (SSSR count). The number of rotatable bonds is 7. The second-order valence-electron chi connectivity index (χ2n) is 7.40. The van der Waals surface area contributed by atoms with Crippen molar-refractivity contribution in [2.24, 2.45) is 4.99 Å². The summed E-state index contributed by atoms with van der Waals surface area (Å²) in [5.41, 5.74) is 1.32.